The molecule has 0 spiro atoms. The minimum Gasteiger partial charge on any atom is -0.485 e. The van der Waals surface area contributed by atoms with Crippen LogP contribution in [0.2, 0.25) is 0 Å². The highest BCUT2D eigenvalue weighted by atomic mass is 16.6. The first-order chi connectivity index (χ1) is 13.2. The fraction of sp³-hybridized carbons (Fsp3) is 0.409. The molecular weight excluding hydrogens is 340 g/mol. The Kier molecular flexibility index (Phi) is 5.30. The van der Waals surface area contributed by atoms with E-state index >= 15 is 0 Å². The standard InChI is InChI=1S/C22H26N2O3/c23-22(25)17-9-11-18(12-10-17)24-13-15-5-7-16(8-6-15)21-14-26-19-3-1-2-4-20(19)27-21/h1-8,17-18,21,24H,9-14H2,(H2,23,25)/t17-,18-,21-/m1/s1. The minimum atomic E-state index is -0.152. The van der Waals surface area contributed by atoms with Crippen molar-refractivity contribution in [1.82, 2.24) is 5.32 Å². The predicted octanol–water partition coefficient (Wildman–Crippen LogP) is 3.33. The van der Waals surface area contributed by atoms with Gasteiger partial charge in [0, 0.05) is 18.5 Å². The Hall–Kier alpha value is -2.53. The summed E-state index contributed by atoms with van der Waals surface area (Å²) in [6.45, 7) is 1.36. The molecule has 1 aliphatic carbocycles. The van der Waals surface area contributed by atoms with Crippen LogP contribution in [-0.2, 0) is 11.3 Å². The van der Waals surface area contributed by atoms with Crippen LogP contribution in [0.25, 0.3) is 0 Å². The van der Waals surface area contributed by atoms with E-state index in [2.05, 4.69) is 29.6 Å². The van der Waals surface area contributed by atoms with Crippen LogP contribution < -0.4 is 20.5 Å². The van der Waals surface area contributed by atoms with E-state index in [0.29, 0.717) is 12.6 Å². The van der Waals surface area contributed by atoms with Crippen molar-refractivity contribution in [2.75, 3.05) is 6.61 Å². The lowest BCUT2D eigenvalue weighted by Crippen LogP contribution is -2.36. The second-order valence-corrected chi connectivity index (χ2v) is 7.44. The lowest BCUT2D eigenvalue weighted by atomic mass is 9.85. The first-order valence-electron chi connectivity index (χ1n) is 9.69. The van der Waals surface area contributed by atoms with E-state index in [1.165, 1.54) is 5.56 Å². The molecule has 3 N–H and O–H groups in total. The van der Waals surface area contributed by atoms with Crippen molar-refractivity contribution in [2.24, 2.45) is 11.7 Å². The van der Waals surface area contributed by atoms with E-state index in [1.54, 1.807) is 0 Å². The van der Waals surface area contributed by atoms with E-state index in [9.17, 15) is 4.79 Å². The van der Waals surface area contributed by atoms with Gasteiger partial charge in [0.15, 0.2) is 17.6 Å². The molecule has 1 saturated carbocycles. The molecule has 1 heterocycles. The summed E-state index contributed by atoms with van der Waals surface area (Å²) < 4.78 is 11.9. The van der Waals surface area contributed by atoms with Gasteiger partial charge in [-0.15, -0.1) is 0 Å². The van der Waals surface area contributed by atoms with Gasteiger partial charge in [-0.3, -0.25) is 4.79 Å². The Balaban J connectivity index is 1.29. The van der Waals surface area contributed by atoms with E-state index in [-0.39, 0.29) is 17.9 Å². The number of nitrogens with two attached hydrogens (primary N) is 1. The molecule has 27 heavy (non-hydrogen) atoms. The molecule has 2 aliphatic rings. The number of nitrogens with one attached hydrogen (secondary N) is 1. The number of hydrogen-bond acceptors (Lipinski definition) is 4. The normalized spacial score (nSPS) is 24.4. The number of carbonyl (C=O) groups is 1. The highest BCUT2D eigenvalue weighted by Crippen LogP contribution is 2.35. The molecule has 4 rings (SSSR count). The van der Waals surface area contributed by atoms with Crippen molar-refractivity contribution in [3.8, 4) is 11.5 Å². The second-order valence-electron chi connectivity index (χ2n) is 7.44. The minimum absolute atomic E-state index is 0.0603. The van der Waals surface area contributed by atoms with Crippen LogP contribution in [0.3, 0.4) is 0 Å². The fourth-order valence-electron chi connectivity index (χ4n) is 3.88. The molecule has 0 aromatic heterocycles. The molecule has 1 amide bonds. The zero-order valence-corrected chi connectivity index (χ0v) is 15.4. The SMILES string of the molecule is NC(=O)[C@H]1CC[C@H](NCc2ccc([C@H]3COc4ccccc4O3)cc2)CC1. The van der Waals surface area contributed by atoms with Crippen LogP contribution in [0.1, 0.15) is 42.9 Å². The first-order valence-corrected chi connectivity index (χ1v) is 9.69. The molecule has 0 saturated heterocycles. The summed E-state index contributed by atoms with van der Waals surface area (Å²) in [5.74, 6) is 1.51. The number of hydrogen-bond donors (Lipinski definition) is 2. The highest BCUT2D eigenvalue weighted by molar-refractivity contribution is 5.76. The summed E-state index contributed by atoms with van der Waals surface area (Å²) in [4.78, 5) is 11.3. The maximum absolute atomic E-state index is 11.3. The maximum Gasteiger partial charge on any atom is 0.220 e. The summed E-state index contributed by atoms with van der Waals surface area (Å²) >= 11 is 0. The van der Waals surface area contributed by atoms with Crippen molar-refractivity contribution in [2.45, 2.75) is 44.4 Å². The van der Waals surface area contributed by atoms with Crippen LogP contribution in [0.4, 0.5) is 0 Å². The van der Waals surface area contributed by atoms with Gasteiger partial charge >= 0.3 is 0 Å². The predicted molar refractivity (Wildman–Crippen MR) is 104 cm³/mol. The van der Waals surface area contributed by atoms with Gasteiger partial charge in [0.1, 0.15) is 6.61 Å². The maximum atomic E-state index is 11.3. The molecule has 5 nitrogen and oxygen atoms in total. The Morgan fingerprint density at radius 2 is 1.70 bits per heavy atom. The largest absolute Gasteiger partial charge is 0.485 e. The molecule has 1 atom stereocenters. The van der Waals surface area contributed by atoms with E-state index in [4.69, 9.17) is 15.2 Å². The fourth-order valence-corrected chi connectivity index (χ4v) is 3.88. The summed E-state index contributed by atoms with van der Waals surface area (Å²) in [6.07, 6.45) is 3.74. The van der Waals surface area contributed by atoms with Crippen LogP contribution in [-0.4, -0.2) is 18.6 Å². The number of rotatable bonds is 5. The van der Waals surface area contributed by atoms with Crippen molar-refractivity contribution >= 4 is 5.91 Å². The van der Waals surface area contributed by atoms with Gasteiger partial charge in [-0.25, -0.2) is 0 Å². The zero-order valence-electron chi connectivity index (χ0n) is 15.4. The third kappa shape index (κ3) is 4.25. The number of benzene rings is 2. The monoisotopic (exact) mass is 366 g/mol. The van der Waals surface area contributed by atoms with E-state index in [0.717, 1.165) is 49.3 Å². The zero-order chi connectivity index (χ0) is 18.6. The summed E-state index contributed by atoms with van der Waals surface area (Å²) in [6, 6.07) is 16.7. The smallest absolute Gasteiger partial charge is 0.220 e. The summed E-state index contributed by atoms with van der Waals surface area (Å²) in [5, 5.41) is 3.60. The van der Waals surface area contributed by atoms with Crippen molar-refractivity contribution in [3.05, 3.63) is 59.7 Å². The Labute approximate surface area is 159 Å². The average Bonchev–Trinajstić information content (AvgIpc) is 2.72. The third-order valence-corrected chi connectivity index (χ3v) is 5.58. The number of primary amides is 1. The third-order valence-electron chi connectivity index (χ3n) is 5.58. The Bertz CT molecular complexity index is 782. The highest BCUT2D eigenvalue weighted by Gasteiger charge is 2.24. The number of carbonyl (C=O) groups excluding carboxylic acids is 1. The number of fused-ring (bicyclic) bond motifs is 1. The molecule has 142 valence electrons. The molecule has 5 heteroatoms. The number of para-hydroxylation sites is 2. The molecular formula is C22H26N2O3. The molecule has 0 unspecified atom stereocenters. The van der Waals surface area contributed by atoms with Gasteiger partial charge in [-0.1, -0.05) is 36.4 Å². The van der Waals surface area contributed by atoms with Crippen LogP contribution in [0, 0.1) is 5.92 Å². The van der Waals surface area contributed by atoms with Crippen molar-refractivity contribution in [1.29, 1.82) is 0 Å². The second kappa shape index (κ2) is 8.01. The molecule has 1 fully saturated rings. The molecule has 0 radical (unpaired) electrons. The number of amides is 1. The quantitative estimate of drug-likeness (QED) is 0.851. The van der Waals surface area contributed by atoms with Crippen LogP contribution in [0.5, 0.6) is 11.5 Å². The average molecular weight is 366 g/mol. The summed E-state index contributed by atoms with van der Waals surface area (Å²) in [7, 11) is 0. The first kappa shape index (κ1) is 17.9. The van der Waals surface area contributed by atoms with Crippen LogP contribution in [0.15, 0.2) is 48.5 Å². The molecule has 0 bridgehead atoms. The Morgan fingerprint density at radius 3 is 2.41 bits per heavy atom. The van der Waals surface area contributed by atoms with Crippen molar-refractivity contribution in [3.63, 3.8) is 0 Å². The van der Waals surface area contributed by atoms with Gasteiger partial charge < -0.3 is 20.5 Å². The molecule has 2 aromatic carbocycles. The van der Waals surface area contributed by atoms with Gasteiger partial charge in [-0.05, 0) is 48.9 Å². The Morgan fingerprint density at radius 1 is 1.00 bits per heavy atom. The van der Waals surface area contributed by atoms with Gasteiger partial charge in [-0.2, -0.15) is 0 Å². The van der Waals surface area contributed by atoms with Gasteiger partial charge in [0.25, 0.3) is 0 Å². The molecule has 1 aliphatic heterocycles. The lowest BCUT2D eigenvalue weighted by molar-refractivity contribution is -0.122. The van der Waals surface area contributed by atoms with Gasteiger partial charge in [0.05, 0.1) is 0 Å². The van der Waals surface area contributed by atoms with Gasteiger partial charge in [0.2, 0.25) is 5.91 Å². The van der Waals surface area contributed by atoms with Crippen LogP contribution >= 0.6 is 0 Å². The van der Waals surface area contributed by atoms with E-state index in [1.807, 2.05) is 24.3 Å². The van der Waals surface area contributed by atoms with E-state index < -0.39 is 0 Å². The topological polar surface area (TPSA) is 73.6 Å². The lowest BCUT2D eigenvalue weighted by Gasteiger charge is -2.28. The molecule has 2 aromatic rings. The summed E-state index contributed by atoms with van der Waals surface area (Å²) in [5.41, 5.74) is 7.77. The number of ether oxygens (including phenoxy) is 2. The van der Waals surface area contributed by atoms with Crippen molar-refractivity contribution < 1.29 is 14.3 Å².